The third kappa shape index (κ3) is 5.07. The number of rotatable bonds is 8. The zero-order valence-corrected chi connectivity index (χ0v) is 18.3. The van der Waals surface area contributed by atoms with Gasteiger partial charge in [-0.15, -0.1) is 0 Å². The van der Waals surface area contributed by atoms with Gasteiger partial charge in [0.1, 0.15) is 5.75 Å². The first-order valence-corrected chi connectivity index (χ1v) is 11.3. The van der Waals surface area contributed by atoms with E-state index in [0.29, 0.717) is 18.6 Å². The maximum Gasteiger partial charge on any atom is 0.319 e. The first-order valence-electron chi connectivity index (χ1n) is 11.3. The molecule has 0 aliphatic carbocycles. The van der Waals surface area contributed by atoms with Gasteiger partial charge in [0.2, 0.25) is 0 Å². The Morgan fingerprint density at radius 3 is 2.67 bits per heavy atom. The summed E-state index contributed by atoms with van der Waals surface area (Å²) in [6.07, 6.45) is 5.05. The summed E-state index contributed by atoms with van der Waals surface area (Å²) in [5.74, 6) is 2.31. The second-order valence-corrected chi connectivity index (χ2v) is 9.00. The van der Waals surface area contributed by atoms with Crippen LogP contribution in [-0.4, -0.2) is 81.5 Å². The van der Waals surface area contributed by atoms with Gasteiger partial charge < -0.3 is 20.1 Å². The standard InChI is InChI=1S/C23H36N4O3/c1-29-16-20-4-3-10-26(20)14-18-15-27-11-9-17(18)12-21(27)13-24-23(28)25-19-5-7-22(30-2)8-6-19/h5-8,17-18,20-21H,3-4,9-16H2,1-2H3,(H2,24,25,28)/t17-,18+,20-,21+/m0/s1. The van der Waals surface area contributed by atoms with Crippen molar-refractivity contribution in [1.29, 1.82) is 0 Å². The van der Waals surface area contributed by atoms with Gasteiger partial charge in [-0.3, -0.25) is 9.80 Å². The molecule has 2 N–H and O–H groups in total. The summed E-state index contributed by atoms with van der Waals surface area (Å²) >= 11 is 0. The Kier molecular flexibility index (Phi) is 7.12. The van der Waals surface area contributed by atoms with Crippen LogP contribution in [0.5, 0.6) is 5.75 Å². The highest BCUT2D eigenvalue weighted by Crippen LogP contribution is 2.37. The van der Waals surface area contributed by atoms with Gasteiger partial charge in [0.15, 0.2) is 0 Å². The van der Waals surface area contributed by atoms with E-state index in [1.165, 1.54) is 38.8 Å². The SMILES string of the molecule is COC[C@@H]1CCCN1C[C@@H]1CN2CC[C@H]1C[C@@H]2CNC(=O)Nc1ccc(OC)cc1. The molecule has 4 aliphatic heterocycles. The van der Waals surface area contributed by atoms with E-state index in [0.717, 1.165) is 43.0 Å². The van der Waals surface area contributed by atoms with Crippen LogP contribution in [0.1, 0.15) is 25.7 Å². The molecule has 7 heteroatoms. The van der Waals surface area contributed by atoms with E-state index >= 15 is 0 Å². The van der Waals surface area contributed by atoms with Gasteiger partial charge in [0.25, 0.3) is 0 Å². The molecule has 0 spiro atoms. The summed E-state index contributed by atoms with van der Waals surface area (Å²) in [6, 6.07) is 8.31. The highest BCUT2D eigenvalue weighted by Gasteiger charge is 2.41. The Bertz CT molecular complexity index is 698. The fraction of sp³-hybridized carbons (Fsp3) is 0.696. The summed E-state index contributed by atoms with van der Waals surface area (Å²) in [7, 11) is 3.45. The first-order chi connectivity index (χ1) is 14.7. The van der Waals surface area contributed by atoms with Crippen LogP contribution in [0, 0.1) is 11.8 Å². The molecule has 0 radical (unpaired) electrons. The number of fused-ring (bicyclic) bond motifs is 3. The number of urea groups is 1. The molecule has 0 saturated carbocycles. The quantitative estimate of drug-likeness (QED) is 0.682. The lowest BCUT2D eigenvalue weighted by molar-refractivity contribution is -0.0162. The number of nitrogens with zero attached hydrogens (tertiary/aromatic N) is 2. The molecule has 1 aromatic carbocycles. The second-order valence-electron chi connectivity index (χ2n) is 9.00. The number of nitrogens with one attached hydrogen (secondary N) is 2. The van der Waals surface area contributed by atoms with Crippen molar-refractivity contribution in [1.82, 2.24) is 15.1 Å². The number of benzene rings is 1. The predicted molar refractivity (Wildman–Crippen MR) is 118 cm³/mol. The number of methoxy groups -OCH3 is 2. The minimum absolute atomic E-state index is 0.140. The summed E-state index contributed by atoms with van der Waals surface area (Å²) in [5.41, 5.74) is 0.773. The average molecular weight is 417 g/mol. The average Bonchev–Trinajstić information content (AvgIpc) is 3.20. The van der Waals surface area contributed by atoms with Crippen LogP contribution in [0.4, 0.5) is 10.5 Å². The Morgan fingerprint density at radius 2 is 1.97 bits per heavy atom. The first kappa shape index (κ1) is 21.4. The number of anilines is 1. The van der Waals surface area contributed by atoms with Crippen LogP contribution >= 0.6 is 0 Å². The third-order valence-corrected chi connectivity index (χ3v) is 7.19. The Balaban J connectivity index is 1.23. The van der Waals surface area contributed by atoms with Gasteiger partial charge in [-0.2, -0.15) is 0 Å². The smallest absolute Gasteiger partial charge is 0.319 e. The topological polar surface area (TPSA) is 66.1 Å². The molecule has 1 aromatic rings. The maximum absolute atomic E-state index is 12.3. The number of likely N-dealkylation sites (tertiary alicyclic amines) is 1. The van der Waals surface area contributed by atoms with Gasteiger partial charge in [-0.25, -0.2) is 4.79 Å². The lowest BCUT2D eigenvalue weighted by atomic mass is 9.75. The van der Waals surface area contributed by atoms with E-state index in [4.69, 9.17) is 9.47 Å². The van der Waals surface area contributed by atoms with Crippen LogP contribution < -0.4 is 15.4 Å². The zero-order valence-electron chi connectivity index (χ0n) is 18.3. The molecule has 4 heterocycles. The predicted octanol–water partition coefficient (Wildman–Crippen LogP) is 2.64. The molecular weight excluding hydrogens is 380 g/mol. The molecule has 5 atom stereocenters. The van der Waals surface area contributed by atoms with E-state index in [1.54, 1.807) is 7.11 Å². The van der Waals surface area contributed by atoms with Crippen LogP contribution in [0.2, 0.25) is 0 Å². The molecule has 1 unspecified atom stereocenters. The van der Waals surface area contributed by atoms with E-state index in [1.807, 2.05) is 31.4 Å². The van der Waals surface area contributed by atoms with E-state index in [2.05, 4.69) is 20.4 Å². The number of amides is 2. The molecule has 2 bridgehead atoms. The van der Waals surface area contributed by atoms with Crippen LogP contribution in [0.25, 0.3) is 0 Å². The molecule has 4 aliphatic rings. The number of hydrogen-bond donors (Lipinski definition) is 2. The van der Waals surface area contributed by atoms with Crippen LogP contribution in [-0.2, 0) is 4.74 Å². The van der Waals surface area contributed by atoms with Crippen molar-refractivity contribution in [2.24, 2.45) is 11.8 Å². The number of ether oxygens (including phenoxy) is 2. The maximum atomic E-state index is 12.3. The van der Waals surface area contributed by atoms with Gasteiger partial charge in [0.05, 0.1) is 13.7 Å². The molecular formula is C23H36N4O3. The van der Waals surface area contributed by atoms with Crippen molar-refractivity contribution in [3.8, 4) is 5.75 Å². The Hall–Kier alpha value is -1.83. The highest BCUT2D eigenvalue weighted by molar-refractivity contribution is 5.89. The Morgan fingerprint density at radius 1 is 1.13 bits per heavy atom. The molecule has 0 aromatic heterocycles. The lowest BCUT2D eigenvalue weighted by Gasteiger charge is -2.51. The largest absolute Gasteiger partial charge is 0.497 e. The minimum Gasteiger partial charge on any atom is -0.497 e. The Labute approximate surface area is 180 Å². The van der Waals surface area contributed by atoms with Crippen molar-refractivity contribution in [2.45, 2.75) is 37.8 Å². The van der Waals surface area contributed by atoms with Crippen molar-refractivity contribution >= 4 is 11.7 Å². The van der Waals surface area contributed by atoms with E-state index in [-0.39, 0.29) is 6.03 Å². The molecule has 4 saturated heterocycles. The molecule has 2 amide bonds. The molecule has 166 valence electrons. The van der Waals surface area contributed by atoms with Crippen molar-refractivity contribution in [3.05, 3.63) is 24.3 Å². The fourth-order valence-electron chi connectivity index (χ4n) is 5.55. The summed E-state index contributed by atoms with van der Waals surface area (Å²) < 4.78 is 10.6. The van der Waals surface area contributed by atoms with Gasteiger partial charge >= 0.3 is 6.03 Å². The van der Waals surface area contributed by atoms with E-state index < -0.39 is 0 Å². The molecule has 5 rings (SSSR count). The minimum atomic E-state index is -0.140. The zero-order chi connectivity index (χ0) is 20.9. The molecule has 30 heavy (non-hydrogen) atoms. The summed E-state index contributed by atoms with van der Waals surface area (Å²) in [5, 5.41) is 5.98. The normalized spacial score (nSPS) is 30.9. The number of carbonyl (C=O) groups is 1. The van der Waals surface area contributed by atoms with Crippen LogP contribution in [0.3, 0.4) is 0 Å². The molecule has 4 fully saturated rings. The van der Waals surface area contributed by atoms with E-state index in [9.17, 15) is 4.79 Å². The van der Waals surface area contributed by atoms with Crippen molar-refractivity contribution < 1.29 is 14.3 Å². The highest BCUT2D eigenvalue weighted by atomic mass is 16.5. The lowest BCUT2D eigenvalue weighted by Crippen LogP contribution is -2.59. The van der Waals surface area contributed by atoms with Crippen LogP contribution in [0.15, 0.2) is 24.3 Å². The third-order valence-electron chi connectivity index (χ3n) is 7.19. The van der Waals surface area contributed by atoms with Gasteiger partial charge in [-0.1, -0.05) is 0 Å². The fourth-order valence-corrected chi connectivity index (χ4v) is 5.55. The second kappa shape index (κ2) is 9.98. The van der Waals surface area contributed by atoms with Crippen molar-refractivity contribution in [2.75, 3.05) is 58.9 Å². The number of piperidine rings is 3. The number of carbonyl (C=O) groups excluding carboxylic acids is 1. The monoisotopic (exact) mass is 416 g/mol. The van der Waals surface area contributed by atoms with Gasteiger partial charge in [-0.05, 0) is 74.9 Å². The molecule has 7 nitrogen and oxygen atoms in total. The summed E-state index contributed by atoms with van der Waals surface area (Å²) in [6.45, 7) is 6.31. The number of hydrogen-bond acceptors (Lipinski definition) is 5. The summed E-state index contributed by atoms with van der Waals surface area (Å²) in [4.78, 5) is 17.6. The van der Waals surface area contributed by atoms with Gasteiger partial charge in [0, 0.05) is 44.5 Å². The van der Waals surface area contributed by atoms with Crippen molar-refractivity contribution in [3.63, 3.8) is 0 Å².